The van der Waals surface area contributed by atoms with Crippen molar-refractivity contribution in [3.8, 4) is 5.69 Å². The van der Waals surface area contributed by atoms with Gasteiger partial charge >= 0.3 is 5.97 Å². The van der Waals surface area contributed by atoms with Crippen molar-refractivity contribution in [2.75, 3.05) is 26.4 Å². The quantitative estimate of drug-likeness (QED) is 0.263. The van der Waals surface area contributed by atoms with Crippen molar-refractivity contribution in [2.24, 2.45) is 5.92 Å². The summed E-state index contributed by atoms with van der Waals surface area (Å²) in [4.78, 5) is 24.5. The fraction of sp³-hybridized carbons (Fsp3) is 0.560. The van der Waals surface area contributed by atoms with E-state index < -0.39 is 5.97 Å². The second-order valence-electron chi connectivity index (χ2n) is 8.03. The average molecular weight is 522 g/mol. The zero-order valence-electron chi connectivity index (χ0n) is 20.2. The molecule has 1 heterocycles. The van der Waals surface area contributed by atoms with Crippen LogP contribution < -0.4 is 5.32 Å². The molecule has 1 unspecified atom stereocenters. The second kappa shape index (κ2) is 14.2. The molecule has 182 valence electrons. The number of rotatable bonds is 14. The Labute approximate surface area is 205 Å². The normalized spacial score (nSPS) is 11.9. The largest absolute Gasteiger partial charge is 0.461 e. The minimum absolute atomic E-state index is 0.124. The average Bonchev–Trinajstić information content (AvgIpc) is 3.12. The van der Waals surface area contributed by atoms with Gasteiger partial charge in [0.15, 0.2) is 5.69 Å². The number of unbranched alkanes of at least 4 members (excludes halogenated alkanes) is 1. The molecule has 0 spiro atoms. The summed E-state index contributed by atoms with van der Waals surface area (Å²) in [7, 11) is 0. The van der Waals surface area contributed by atoms with Crippen LogP contribution in [0.5, 0.6) is 0 Å². The highest BCUT2D eigenvalue weighted by molar-refractivity contribution is 9.10. The van der Waals surface area contributed by atoms with E-state index in [-0.39, 0.29) is 18.2 Å². The van der Waals surface area contributed by atoms with E-state index in [2.05, 4.69) is 40.2 Å². The van der Waals surface area contributed by atoms with Gasteiger partial charge in [0, 0.05) is 25.3 Å². The number of nitrogens with one attached hydrogen (secondary N) is 1. The lowest BCUT2D eigenvalue weighted by atomic mass is 10.0. The number of esters is 1. The van der Waals surface area contributed by atoms with Crippen LogP contribution in [0.3, 0.4) is 0 Å². The first-order valence-corrected chi connectivity index (χ1v) is 12.6. The van der Waals surface area contributed by atoms with E-state index >= 15 is 0 Å². The van der Waals surface area contributed by atoms with E-state index in [1.807, 2.05) is 6.92 Å². The fourth-order valence-corrected chi connectivity index (χ4v) is 3.85. The molecular weight excluding hydrogens is 486 g/mol. The van der Waals surface area contributed by atoms with Gasteiger partial charge in [-0.2, -0.15) is 5.10 Å². The number of amides is 1. The lowest BCUT2D eigenvalue weighted by Gasteiger charge is -2.14. The van der Waals surface area contributed by atoms with Crippen molar-refractivity contribution in [1.29, 1.82) is 0 Å². The van der Waals surface area contributed by atoms with Gasteiger partial charge in [-0.25, -0.2) is 9.48 Å². The van der Waals surface area contributed by atoms with Gasteiger partial charge in [-0.3, -0.25) is 4.79 Å². The van der Waals surface area contributed by atoms with Crippen molar-refractivity contribution < 1.29 is 19.1 Å². The Morgan fingerprint density at radius 3 is 2.52 bits per heavy atom. The molecule has 0 aliphatic rings. The molecule has 33 heavy (non-hydrogen) atoms. The molecule has 0 saturated heterocycles. The lowest BCUT2D eigenvalue weighted by molar-refractivity contribution is 0.0517. The summed E-state index contributed by atoms with van der Waals surface area (Å²) >= 11 is 3.42. The summed E-state index contributed by atoms with van der Waals surface area (Å²) in [5.41, 5.74) is 2.33. The zero-order valence-corrected chi connectivity index (χ0v) is 21.7. The van der Waals surface area contributed by atoms with Gasteiger partial charge in [0.25, 0.3) is 5.91 Å². The number of carbonyl (C=O) groups is 2. The number of ether oxygens (including phenoxy) is 2. The van der Waals surface area contributed by atoms with E-state index in [1.54, 1.807) is 35.9 Å². The number of halogens is 1. The van der Waals surface area contributed by atoms with Crippen LogP contribution in [0.15, 0.2) is 28.7 Å². The second-order valence-corrected chi connectivity index (χ2v) is 8.82. The molecule has 2 rings (SSSR count). The van der Waals surface area contributed by atoms with Crippen molar-refractivity contribution in [3.05, 3.63) is 45.7 Å². The topological polar surface area (TPSA) is 82.5 Å². The Hall–Kier alpha value is -2.19. The van der Waals surface area contributed by atoms with E-state index in [1.165, 1.54) is 19.3 Å². The number of hydrogen-bond donors (Lipinski definition) is 1. The highest BCUT2D eigenvalue weighted by Gasteiger charge is 2.21. The molecule has 1 aromatic carbocycles. The molecule has 0 fully saturated rings. The van der Waals surface area contributed by atoms with Crippen LogP contribution in [0.25, 0.3) is 5.69 Å². The highest BCUT2D eigenvalue weighted by Crippen LogP contribution is 2.24. The first-order valence-electron chi connectivity index (χ1n) is 11.8. The van der Waals surface area contributed by atoms with Crippen LogP contribution in [-0.4, -0.2) is 48.0 Å². The maximum absolute atomic E-state index is 12.4. The molecule has 0 bridgehead atoms. The predicted molar refractivity (Wildman–Crippen MR) is 133 cm³/mol. The SMILES string of the molecule is CCCCC(CC)COCCCNC(=O)c1ccc(-n2nc(C(=O)OCC)c(Br)c2C)cc1. The van der Waals surface area contributed by atoms with E-state index in [9.17, 15) is 9.59 Å². The Morgan fingerprint density at radius 1 is 1.15 bits per heavy atom. The Bertz CT molecular complexity index is 896. The molecule has 1 N–H and O–H groups in total. The van der Waals surface area contributed by atoms with Crippen molar-refractivity contribution >= 4 is 27.8 Å². The van der Waals surface area contributed by atoms with Gasteiger partial charge in [0.05, 0.1) is 22.5 Å². The molecular formula is C25H36BrN3O4. The third-order valence-corrected chi connectivity index (χ3v) is 6.48. The number of benzene rings is 1. The standard InChI is InChI=1S/C25H36BrN3O4/c1-5-8-10-19(6-2)17-32-16-9-15-27-24(30)20-11-13-21(14-12-20)29-18(4)22(26)23(28-29)25(31)33-7-3/h11-14,19H,5-10,15-17H2,1-4H3,(H,27,30). The van der Waals surface area contributed by atoms with Crippen LogP contribution >= 0.6 is 15.9 Å². The number of hydrogen-bond acceptors (Lipinski definition) is 5. The van der Waals surface area contributed by atoms with Crippen LogP contribution in [0.1, 0.15) is 79.4 Å². The molecule has 0 radical (unpaired) electrons. The van der Waals surface area contributed by atoms with Gasteiger partial charge in [-0.15, -0.1) is 0 Å². The summed E-state index contributed by atoms with van der Waals surface area (Å²) in [6, 6.07) is 7.11. The van der Waals surface area contributed by atoms with E-state index in [0.29, 0.717) is 29.1 Å². The van der Waals surface area contributed by atoms with Crippen LogP contribution in [0.2, 0.25) is 0 Å². The van der Waals surface area contributed by atoms with Crippen molar-refractivity contribution in [1.82, 2.24) is 15.1 Å². The monoisotopic (exact) mass is 521 g/mol. The molecule has 1 aromatic heterocycles. The predicted octanol–water partition coefficient (Wildman–Crippen LogP) is 5.47. The molecule has 1 atom stereocenters. The minimum Gasteiger partial charge on any atom is -0.461 e. The maximum atomic E-state index is 12.4. The van der Waals surface area contributed by atoms with Crippen molar-refractivity contribution in [3.63, 3.8) is 0 Å². The first kappa shape index (κ1) is 27.1. The molecule has 0 aliphatic carbocycles. The van der Waals surface area contributed by atoms with E-state index in [0.717, 1.165) is 30.8 Å². The maximum Gasteiger partial charge on any atom is 0.360 e. The summed E-state index contributed by atoms with van der Waals surface area (Å²) in [6.45, 7) is 10.3. The number of carbonyl (C=O) groups excluding carboxylic acids is 2. The summed E-state index contributed by atoms with van der Waals surface area (Å²) in [5.74, 6) is 0.0318. The van der Waals surface area contributed by atoms with Gasteiger partial charge in [0.2, 0.25) is 0 Å². The van der Waals surface area contributed by atoms with Gasteiger partial charge in [-0.1, -0.05) is 33.1 Å². The highest BCUT2D eigenvalue weighted by atomic mass is 79.9. The first-order chi connectivity index (χ1) is 15.9. The smallest absolute Gasteiger partial charge is 0.360 e. The molecule has 0 saturated carbocycles. The van der Waals surface area contributed by atoms with Crippen LogP contribution in [0, 0.1) is 12.8 Å². The van der Waals surface area contributed by atoms with Crippen LogP contribution in [-0.2, 0) is 9.47 Å². The van der Waals surface area contributed by atoms with Gasteiger partial charge in [0.1, 0.15) is 0 Å². The Morgan fingerprint density at radius 2 is 1.88 bits per heavy atom. The number of nitrogens with zero attached hydrogens (tertiary/aromatic N) is 2. The fourth-order valence-electron chi connectivity index (χ4n) is 3.44. The van der Waals surface area contributed by atoms with Gasteiger partial charge < -0.3 is 14.8 Å². The molecule has 7 nitrogen and oxygen atoms in total. The molecule has 8 heteroatoms. The molecule has 2 aromatic rings. The lowest BCUT2D eigenvalue weighted by Crippen LogP contribution is -2.25. The minimum atomic E-state index is -0.475. The van der Waals surface area contributed by atoms with Crippen molar-refractivity contribution in [2.45, 2.75) is 59.8 Å². The third kappa shape index (κ3) is 7.96. The summed E-state index contributed by atoms with van der Waals surface area (Å²) in [5, 5.41) is 7.30. The van der Waals surface area contributed by atoms with E-state index in [4.69, 9.17) is 9.47 Å². The Kier molecular flexibility index (Phi) is 11.6. The molecule has 1 amide bonds. The third-order valence-electron chi connectivity index (χ3n) is 5.53. The Balaban J connectivity index is 1.84. The number of aromatic nitrogens is 2. The summed E-state index contributed by atoms with van der Waals surface area (Å²) in [6.07, 6.45) is 5.62. The van der Waals surface area contributed by atoms with Gasteiger partial charge in [-0.05, 0) is 72.8 Å². The summed E-state index contributed by atoms with van der Waals surface area (Å²) < 4.78 is 13.1. The zero-order chi connectivity index (χ0) is 24.2. The van der Waals surface area contributed by atoms with Crippen LogP contribution in [0.4, 0.5) is 0 Å². The molecule has 0 aliphatic heterocycles.